The van der Waals surface area contributed by atoms with Crippen molar-refractivity contribution in [2.75, 3.05) is 6.54 Å². The van der Waals surface area contributed by atoms with Crippen molar-refractivity contribution in [3.05, 3.63) is 129 Å². The van der Waals surface area contributed by atoms with Crippen LogP contribution in [0.4, 0.5) is 0 Å². The number of benzene rings is 3. The average molecular weight is 521 g/mol. The second-order valence-electron chi connectivity index (χ2n) is 9.98. The third kappa shape index (κ3) is 4.56. The molecule has 190 valence electrons. The van der Waals surface area contributed by atoms with E-state index in [1.807, 2.05) is 34.5 Å². The van der Waals surface area contributed by atoms with Crippen LogP contribution in [0, 0.1) is 5.92 Å². The Labute approximate surface area is 226 Å². The van der Waals surface area contributed by atoms with Crippen LogP contribution in [0.15, 0.2) is 96.4 Å². The summed E-state index contributed by atoms with van der Waals surface area (Å²) in [7, 11) is 0. The third-order valence-electron chi connectivity index (χ3n) is 7.68. The van der Waals surface area contributed by atoms with E-state index in [0.717, 1.165) is 34.6 Å². The molecule has 2 heterocycles. The minimum absolute atomic E-state index is 0.162. The average Bonchev–Trinajstić information content (AvgIpc) is 3.55. The van der Waals surface area contributed by atoms with Crippen molar-refractivity contribution < 1.29 is 14.4 Å². The first-order valence-corrected chi connectivity index (χ1v) is 13.9. The first-order chi connectivity index (χ1) is 18.6. The van der Waals surface area contributed by atoms with Crippen molar-refractivity contribution >= 4 is 29.1 Å². The number of thiophene rings is 1. The standard InChI is InChI=1S/C32H28N2O3S/c35-29(21-34-31(36)27-14-6-7-15-28(27)32(34)37)33(20-25-12-8-18-38-25)30-24(19-22-9-2-1-3-10-22)17-16-23-11-4-5-13-26(23)30/h1-15,18,24,30H,16-17,19-21H2. The molecule has 0 N–H and O–H groups in total. The SMILES string of the molecule is O=C1c2ccccc2C(=O)N1CC(=O)N(Cc1cccs1)C1c2ccccc2CCC1Cc1ccccc1. The Kier molecular flexibility index (Phi) is 6.64. The molecule has 0 spiro atoms. The molecule has 0 fully saturated rings. The molecule has 1 aliphatic carbocycles. The highest BCUT2D eigenvalue weighted by molar-refractivity contribution is 7.09. The highest BCUT2D eigenvalue weighted by atomic mass is 32.1. The molecule has 1 aromatic heterocycles. The third-order valence-corrected chi connectivity index (χ3v) is 8.54. The minimum atomic E-state index is -0.403. The van der Waals surface area contributed by atoms with Crippen molar-refractivity contribution in [3.63, 3.8) is 0 Å². The van der Waals surface area contributed by atoms with E-state index in [4.69, 9.17) is 0 Å². The monoisotopic (exact) mass is 520 g/mol. The zero-order valence-electron chi connectivity index (χ0n) is 21.0. The summed E-state index contributed by atoms with van der Waals surface area (Å²) in [6, 6.07) is 29.4. The van der Waals surface area contributed by atoms with Gasteiger partial charge >= 0.3 is 0 Å². The topological polar surface area (TPSA) is 57.7 Å². The number of nitrogens with zero attached hydrogens (tertiary/aromatic N) is 2. The Morgan fingerprint density at radius 3 is 2.24 bits per heavy atom. The zero-order chi connectivity index (χ0) is 26.1. The van der Waals surface area contributed by atoms with E-state index in [-0.39, 0.29) is 24.4 Å². The fourth-order valence-electron chi connectivity index (χ4n) is 5.88. The lowest BCUT2D eigenvalue weighted by molar-refractivity contribution is -0.136. The summed E-state index contributed by atoms with van der Waals surface area (Å²) >= 11 is 1.61. The highest BCUT2D eigenvalue weighted by Crippen LogP contribution is 2.41. The van der Waals surface area contributed by atoms with E-state index in [1.165, 1.54) is 11.1 Å². The summed E-state index contributed by atoms with van der Waals surface area (Å²) in [4.78, 5) is 44.5. The molecule has 0 bridgehead atoms. The van der Waals surface area contributed by atoms with Gasteiger partial charge in [-0.25, -0.2) is 0 Å². The van der Waals surface area contributed by atoms with E-state index in [0.29, 0.717) is 17.7 Å². The van der Waals surface area contributed by atoms with Gasteiger partial charge in [-0.1, -0.05) is 72.8 Å². The van der Waals surface area contributed by atoms with Gasteiger partial charge in [-0.05, 0) is 65.4 Å². The van der Waals surface area contributed by atoms with Gasteiger partial charge in [-0.3, -0.25) is 19.3 Å². The van der Waals surface area contributed by atoms with E-state index in [2.05, 4.69) is 42.5 Å². The zero-order valence-corrected chi connectivity index (χ0v) is 21.8. The molecule has 2 unspecified atom stereocenters. The summed E-state index contributed by atoms with van der Waals surface area (Å²) in [5.74, 6) is -0.814. The van der Waals surface area contributed by atoms with E-state index in [9.17, 15) is 14.4 Å². The molecule has 1 aliphatic heterocycles. The van der Waals surface area contributed by atoms with Gasteiger partial charge in [0, 0.05) is 4.88 Å². The predicted molar refractivity (Wildman–Crippen MR) is 148 cm³/mol. The van der Waals surface area contributed by atoms with E-state index >= 15 is 0 Å². The predicted octanol–water partition coefficient (Wildman–Crippen LogP) is 5.92. The Morgan fingerprint density at radius 2 is 1.53 bits per heavy atom. The van der Waals surface area contributed by atoms with Gasteiger partial charge in [0.2, 0.25) is 5.91 Å². The van der Waals surface area contributed by atoms with Crippen LogP contribution in [0.25, 0.3) is 0 Å². The number of amides is 3. The van der Waals surface area contributed by atoms with Crippen LogP contribution in [0.1, 0.15) is 54.7 Å². The first-order valence-electron chi connectivity index (χ1n) is 13.0. The maximum atomic E-state index is 14.2. The number of aryl methyl sites for hydroxylation is 1. The second kappa shape index (κ2) is 10.4. The Balaban J connectivity index is 1.37. The summed E-state index contributed by atoms with van der Waals surface area (Å²) in [5, 5.41) is 2.01. The fraction of sp³-hybridized carbons (Fsp3) is 0.219. The molecule has 6 rings (SSSR count). The Hall–Kier alpha value is -4.03. The van der Waals surface area contributed by atoms with Gasteiger partial charge < -0.3 is 4.90 Å². The van der Waals surface area contributed by atoms with E-state index in [1.54, 1.807) is 35.6 Å². The lowest BCUT2D eigenvalue weighted by Gasteiger charge is -2.42. The smallest absolute Gasteiger partial charge is 0.262 e. The number of imide groups is 1. The molecular weight excluding hydrogens is 492 g/mol. The number of carbonyl (C=O) groups is 3. The first kappa shape index (κ1) is 24.3. The number of hydrogen-bond donors (Lipinski definition) is 0. The van der Waals surface area contributed by atoms with Crippen molar-refractivity contribution in [1.82, 2.24) is 9.80 Å². The molecule has 2 aliphatic rings. The summed E-state index contributed by atoms with van der Waals surface area (Å²) in [6.45, 7) is 0.165. The maximum absolute atomic E-state index is 14.2. The molecule has 0 saturated heterocycles. The summed E-state index contributed by atoms with van der Waals surface area (Å²) < 4.78 is 0. The molecule has 38 heavy (non-hydrogen) atoms. The summed E-state index contributed by atoms with van der Waals surface area (Å²) in [5.41, 5.74) is 4.38. The molecule has 4 aromatic rings. The van der Waals surface area contributed by atoms with E-state index < -0.39 is 11.8 Å². The van der Waals surface area contributed by atoms with Crippen LogP contribution in [-0.2, 0) is 24.2 Å². The van der Waals surface area contributed by atoms with Crippen LogP contribution in [0.3, 0.4) is 0 Å². The number of rotatable bonds is 7. The normalized spacial score (nSPS) is 18.3. The van der Waals surface area contributed by atoms with Crippen LogP contribution in [-0.4, -0.2) is 34.1 Å². The highest BCUT2D eigenvalue weighted by Gasteiger charge is 2.41. The van der Waals surface area contributed by atoms with Crippen LogP contribution >= 0.6 is 11.3 Å². The lowest BCUT2D eigenvalue weighted by Crippen LogP contribution is -2.46. The van der Waals surface area contributed by atoms with Gasteiger partial charge in [-0.15, -0.1) is 11.3 Å². The molecule has 3 amide bonds. The molecule has 2 atom stereocenters. The van der Waals surface area contributed by atoms with Crippen molar-refractivity contribution in [2.45, 2.75) is 31.8 Å². The second-order valence-corrected chi connectivity index (χ2v) is 11.0. The molecule has 5 nitrogen and oxygen atoms in total. The molecule has 6 heteroatoms. The number of hydrogen-bond acceptors (Lipinski definition) is 4. The largest absolute Gasteiger partial charge is 0.329 e. The minimum Gasteiger partial charge on any atom is -0.329 e. The van der Waals surface area contributed by atoms with Gasteiger partial charge in [0.15, 0.2) is 0 Å². The molecular formula is C32H28N2O3S. The quantitative estimate of drug-likeness (QED) is 0.284. The summed E-state index contributed by atoms with van der Waals surface area (Å²) in [6.07, 6.45) is 2.77. The van der Waals surface area contributed by atoms with Crippen molar-refractivity contribution in [1.29, 1.82) is 0 Å². The molecule has 0 saturated carbocycles. The lowest BCUT2D eigenvalue weighted by atomic mass is 9.76. The van der Waals surface area contributed by atoms with Gasteiger partial charge in [0.1, 0.15) is 6.54 Å². The van der Waals surface area contributed by atoms with Crippen LogP contribution in [0.5, 0.6) is 0 Å². The fourth-order valence-corrected chi connectivity index (χ4v) is 6.58. The van der Waals surface area contributed by atoms with Crippen LogP contribution in [0.2, 0.25) is 0 Å². The molecule has 0 radical (unpaired) electrons. The number of fused-ring (bicyclic) bond motifs is 2. The Bertz CT molecular complexity index is 1450. The van der Waals surface area contributed by atoms with Crippen molar-refractivity contribution in [2.24, 2.45) is 5.92 Å². The van der Waals surface area contributed by atoms with Crippen molar-refractivity contribution in [3.8, 4) is 0 Å². The Morgan fingerprint density at radius 1 is 0.842 bits per heavy atom. The number of carbonyl (C=O) groups excluding carboxylic acids is 3. The maximum Gasteiger partial charge on any atom is 0.262 e. The van der Waals surface area contributed by atoms with Gasteiger partial charge in [-0.2, -0.15) is 0 Å². The van der Waals surface area contributed by atoms with Crippen LogP contribution < -0.4 is 0 Å². The van der Waals surface area contributed by atoms with Gasteiger partial charge in [0.05, 0.1) is 23.7 Å². The van der Waals surface area contributed by atoms with Gasteiger partial charge in [0.25, 0.3) is 11.8 Å². The molecule has 3 aromatic carbocycles.